The molecule has 25 heavy (non-hydrogen) atoms. The van der Waals surface area contributed by atoms with Gasteiger partial charge in [0, 0.05) is 22.2 Å². The Bertz CT molecular complexity index is 1110. The van der Waals surface area contributed by atoms with E-state index < -0.39 is 15.9 Å². The quantitative estimate of drug-likeness (QED) is 0.180. The SMILES string of the molecule is O=S(=O)(/N=C(\[O-])c1cc(I)cc(I)c1I)c1ccc2ccccc2c1. The maximum absolute atomic E-state index is 12.5. The summed E-state index contributed by atoms with van der Waals surface area (Å²) in [7, 11) is -4.07. The summed E-state index contributed by atoms with van der Waals surface area (Å²) in [4.78, 5) is 0.00915. The Morgan fingerprint density at radius 2 is 1.60 bits per heavy atom. The van der Waals surface area contributed by atoms with E-state index in [0.717, 1.165) is 17.9 Å². The Labute approximate surface area is 186 Å². The minimum Gasteiger partial charge on any atom is -0.858 e. The minimum absolute atomic E-state index is 0.00915. The van der Waals surface area contributed by atoms with Gasteiger partial charge in [0.25, 0.3) is 10.0 Å². The van der Waals surface area contributed by atoms with E-state index in [1.807, 2.05) is 52.9 Å². The molecule has 0 saturated carbocycles. The van der Waals surface area contributed by atoms with Crippen LogP contribution in [0.2, 0.25) is 0 Å². The predicted molar refractivity (Wildman–Crippen MR) is 122 cm³/mol. The first-order valence-electron chi connectivity index (χ1n) is 6.93. The number of hydrogen-bond donors (Lipinski definition) is 0. The Hall–Kier alpha value is -0.470. The van der Waals surface area contributed by atoms with Crippen LogP contribution in [0, 0.1) is 10.7 Å². The lowest BCUT2D eigenvalue weighted by Gasteiger charge is -2.14. The Morgan fingerprint density at radius 3 is 2.32 bits per heavy atom. The number of rotatable bonds is 3. The minimum atomic E-state index is -4.07. The van der Waals surface area contributed by atoms with Gasteiger partial charge < -0.3 is 5.11 Å². The molecule has 0 atom stereocenters. The first-order valence-corrected chi connectivity index (χ1v) is 11.6. The average Bonchev–Trinajstić information content (AvgIpc) is 2.57. The molecule has 0 bridgehead atoms. The van der Waals surface area contributed by atoms with Gasteiger partial charge in [0.2, 0.25) is 0 Å². The van der Waals surface area contributed by atoms with Crippen molar-refractivity contribution in [1.29, 1.82) is 0 Å². The van der Waals surface area contributed by atoms with Crippen molar-refractivity contribution in [1.82, 2.24) is 0 Å². The van der Waals surface area contributed by atoms with Crippen molar-refractivity contribution in [3.8, 4) is 0 Å². The molecule has 0 aliphatic heterocycles. The number of nitrogens with zero attached hydrogens (tertiary/aromatic N) is 1. The predicted octanol–water partition coefficient (Wildman–Crippen LogP) is 4.15. The summed E-state index contributed by atoms with van der Waals surface area (Å²) >= 11 is 6.23. The van der Waals surface area contributed by atoms with Crippen molar-refractivity contribution < 1.29 is 13.5 Å². The molecule has 0 saturated heterocycles. The summed E-state index contributed by atoms with van der Waals surface area (Å²) < 4.78 is 31.0. The molecule has 3 aromatic rings. The van der Waals surface area contributed by atoms with E-state index in [9.17, 15) is 13.5 Å². The van der Waals surface area contributed by atoms with Gasteiger partial charge >= 0.3 is 0 Å². The Balaban J connectivity index is 2.09. The molecule has 128 valence electrons. The molecule has 3 rings (SSSR count). The van der Waals surface area contributed by atoms with Crippen LogP contribution in [0.3, 0.4) is 0 Å². The zero-order valence-corrected chi connectivity index (χ0v) is 19.7. The normalized spacial score (nSPS) is 12.5. The zero-order valence-electron chi connectivity index (χ0n) is 12.4. The molecule has 0 aliphatic rings. The zero-order chi connectivity index (χ0) is 18.2. The van der Waals surface area contributed by atoms with Gasteiger partial charge in [0.1, 0.15) is 0 Å². The standard InChI is InChI=1S/C17H10I3NO3S/c18-12-8-14(16(20)15(19)9-12)17(22)21-25(23,24)13-6-5-10-3-1-2-4-11(10)7-13/h1-9H,(H,21,22)/p-1. The molecule has 8 heteroatoms. The molecule has 0 fully saturated rings. The van der Waals surface area contributed by atoms with Crippen LogP contribution in [-0.4, -0.2) is 14.3 Å². The molecule has 0 heterocycles. The van der Waals surface area contributed by atoms with Crippen LogP contribution in [0.15, 0.2) is 63.9 Å². The van der Waals surface area contributed by atoms with E-state index in [-0.39, 0.29) is 4.90 Å². The molecular weight excluding hydrogens is 679 g/mol. The summed E-state index contributed by atoms with van der Waals surface area (Å²) in [6.07, 6.45) is 0. The fourth-order valence-electron chi connectivity index (χ4n) is 2.25. The first kappa shape index (κ1) is 19.3. The maximum Gasteiger partial charge on any atom is 0.281 e. The molecular formula is C17H9I3NO3S-. The third kappa shape index (κ3) is 4.27. The monoisotopic (exact) mass is 688 g/mol. The van der Waals surface area contributed by atoms with Crippen molar-refractivity contribution in [3.05, 3.63) is 70.9 Å². The summed E-state index contributed by atoms with van der Waals surface area (Å²) in [6.45, 7) is 0. The maximum atomic E-state index is 12.5. The molecule has 0 N–H and O–H groups in total. The van der Waals surface area contributed by atoms with Crippen LogP contribution < -0.4 is 5.11 Å². The van der Waals surface area contributed by atoms with Gasteiger partial charge in [-0.25, -0.2) is 0 Å². The summed E-state index contributed by atoms with van der Waals surface area (Å²) in [5, 5.41) is 14.2. The van der Waals surface area contributed by atoms with Crippen molar-refractivity contribution in [2.75, 3.05) is 0 Å². The highest BCUT2D eigenvalue weighted by molar-refractivity contribution is 14.1. The lowest BCUT2D eigenvalue weighted by atomic mass is 10.1. The van der Waals surface area contributed by atoms with Gasteiger partial charge in [-0.3, -0.25) is 0 Å². The first-order chi connectivity index (χ1) is 11.8. The second kappa shape index (κ2) is 7.64. The van der Waals surface area contributed by atoms with Gasteiger partial charge in [-0.15, -0.1) is 0 Å². The molecule has 0 spiro atoms. The number of sulfonamides is 1. The van der Waals surface area contributed by atoms with E-state index in [1.165, 1.54) is 12.1 Å². The van der Waals surface area contributed by atoms with Gasteiger partial charge in [-0.05, 0) is 103 Å². The molecule has 0 amide bonds. The summed E-state index contributed by atoms with van der Waals surface area (Å²) in [5.74, 6) is -0.756. The van der Waals surface area contributed by atoms with Crippen molar-refractivity contribution in [3.63, 3.8) is 0 Å². The van der Waals surface area contributed by atoms with E-state index in [1.54, 1.807) is 12.1 Å². The lowest BCUT2D eigenvalue weighted by molar-refractivity contribution is -0.212. The highest BCUT2D eigenvalue weighted by atomic mass is 127. The largest absolute Gasteiger partial charge is 0.858 e. The van der Waals surface area contributed by atoms with Gasteiger partial charge in [0.05, 0.1) is 4.90 Å². The van der Waals surface area contributed by atoms with Crippen LogP contribution in [0.4, 0.5) is 0 Å². The van der Waals surface area contributed by atoms with Crippen molar-refractivity contribution >= 4 is 94.5 Å². The Morgan fingerprint density at radius 1 is 0.920 bits per heavy atom. The van der Waals surface area contributed by atoms with Crippen LogP contribution in [0.1, 0.15) is 5.56 Å². The average molecular weight is 688 g/mol. The number of benzene rings is 3. The second-order valence-corrected chi connectivity index (χ2v) is 10.2. The smallest absolute Gasteiger partial charge is 0.281 e. The van der Waals surface area contributed by atoms with Gasteiger partial charge in [-0.2, -0.15) is 12.8 Å². The number of hydrogen-bond acceptors (Lipinski definition) is 3. The molecule has 0 aliphatic carbocycles. The van der Waals surface area contributed by atoms with E-state index >= 15 is 0 Å². The Kier molecular flexibility index (Phi) is 5.90. The molecule has 4 nitrogen and oxygen atoms in total. The molecule has 0 radical (unpaired) electrons. The molecule has 3 aromatic carbocycles. The fraction of sp³-hybridized carbons (Fsp3) is 0. The highest BCUT2D eigenvalue weighted by Crippen LogP contribution is 2.24. The van der Waals surface area contributed by atoms with Crippen LogP contribution in [0.5, 0.6) is 0 Å². The van der Waals surface area contributed by atoms with Crippen molar-refractivity contribution in [2.24, 2.45) is 4.40 Å². The van der Waals surface area contributed by atoms with Crippen molar-refractivity contribution in [2.45, 2.75) is 4.90 Å². The van der Waals surface area contributed by atoms with Crippen LogP contribution >= 0.6 is 67.8 Å². The summed E-state index contributed by atoms with van der Waals surface area (Å²) in [5.41, 5.74) is 0.293. The fourth-order valence-corrected chi connectivity index (χ4v) is 5.58. The summed E-state index contributed by atoms with van der Waals surface area (Å²) in [6, 6.07) is 15.7. The highest BCUT2D eigenvalue weighted by Gasteiger charge is 2.14. The lowest BCUT2D eigenvalue weighted by Crippen LogP contribution is -2.22. The third-order valence-electron chi connectivity index (χ3n) is 3.45. The molecule has 0 unspecified atom stereocenters. The van der Waals surface area contributed by atoms with Crippen LogP contribution in [-0.2, 0) is 10.0 Å². The third-order valence-corrected chi connectivity index (χ3v) is 8.37. The van der Waals surface area contributed by atoms with E-state index in [4.69, 9.17) is 0 Å². The number of fused-ring (bicyclic) bond motifs is 1. The number of halogens is 3. The van der Waals surface area contributed by atoms with Crippen LogP contribution in [0.25, 0.3) is 10.8 Å². The van der Waals surface area contributed by atoms with Gasteiger partial charge in [-0.1, -0.05) is 30.3 Å². The van der Waals surface area contributed by atoms with E-state index in [2.05, 4.69) is 49.6 Å². The topological polar surface area (TPSA) is 69.6 Å². The molecule has 0 aromatic heterocycles. The second-order valence-electron chi connectivity index (χ2n) is 5.13. The van der Waals surface area contributed by atoms with Gasteiger partial charge in [0.15, 0.2) is 0 Å². The van der Waals surface area contributed by atoms with E-state index in [0.29, 0.717) is 9.13 Å².